The molecule has 1 N–H and O–H groups in total. The van der Waals surface area contributed by atoms with Gasteiger partial charge >= 0.3 is 0 Å². The number of carbonyl (C=O) groups is 2. The van der Waals surface area contributed by atoms with Gasteiger partial charge in [0.25, 0.3) is 0 Å². The van der Waals surface area contributed by atoms with Gasteiger partial charge in [0.15, 0.2) is 0 Å². The molecule has 0 unspecified atom stereocenters. The molecule has 2 aromatic carbocycles. The van der Waals surface area contributed by atoms with E-state index in [-0.39, 0.29) is 30.4 Å². The molecule has 1 saturated heterocycles. The third-order valence-corrected chi connectivity index (χ3v) is 9.04. The minimum Gasteiger partial charge on any atom is -0.374 e. The number of hydrogen-bond donors (Lipinski definition) is 1. The molecular weight excluding hydrogens is 516 g/mol. The van der Waals surface area contributed by atoms with E-state index in [1.54, 1.807) is 4.90 Å². The molecule has 4 rings (SSSR count). The number of amides is 2. The van der Waals surface area contributed by atoms with Crippen LogP contribution in [0.4, 0.5) is 5.69 Å². The van der Waals surface area contributed by atoms with Crippen molar-refractivity contribution in [2.24, 2.45) is 0 Å². The minimum atomic E-state index is -3.41. The number of ether oxygens (including phenoxy) is 1. The van der Waals surface area contributed by atoms with Crippen LogP contribution in [0, 0.1) is 0 Å². The number of piperidine rings is 1. The van der Waals surface area contributed by atoms with Gasteiger partial charge in [0.2, 0.25) is 21.8 Å². The molecule has 10 heteroatoms. The first-order chi connectivity index (χ1) is 18.7. The zero-order valence-corrected chi connectivity index (χ0v) is 24.0. The summed E-state index contributed by atoms with van der Waals surface area (Å²) in [5, 5.41) is 2.92. The number of rotatable bonds is 11. The lowest BCUT2D eigenvalue weighted by atomic mass is 9.74. The summed E-state index contributed by atoms with van der Waals surface area (Å²) in [4.78, 5) is 30.3. The highest BCUT2D eigenvalue weighted by Gasteiger charge is 2.47. The lowest BCUT2D eigenvalue weighted by Crippen LogP contribution is -2.56. The fourth-order valence-electron chi connectivity index (χ4n) is 5.62. The fraction of sp³-hybridized carbons (Fsp3) is 0.517. The Morgan fingerprint density at radius 3 is 2.31 bits per heavy atom. The molecule has 1 atom stereocenters. The first-order valence-electron chi connectivity index (χ1n) is 13.7. The second kappa shape index (κ2) is 12.5. The van der Waals surface area contributed by atoms with E-state index < -0.39 is 16.1 Å². The highest BCUT2D eigenvalue weighted by molar-refractivity contribution is 7.92. The molecule has 9 nitrogen and oxygen atoms in total. The van der Waals surface area contributed by atoms with Gasteiger partial charge < -0.3 is 15.0 Å². The van der Waals surface area contributed by atoms with Crippen molar-refractivity contribution < 1.29 is 22.7 Å². The van der Waals surface area contributed by atoms with Crippen LogP contribution in [-0.4, -0.2) is 88.2 Å². The number of hydrogen-bond acceptors (Lipinski definition) is 6. The van der Waals surface area contributed by atoms with E-state index in [0.717, 1.165) is 29.9 Å². The molecule has 1 spiro atoms. The van der Waals surface area contributed by atoms with Crippen molar-refractivity contribution in [2.75, 3.05) is 56.4 Å². The van der Waals surface area contributed by atoms with Crippen molar-refractivity contribution in [1.82, 2.24) is 15.1 Å². The van der Waals surface area contributed by atoms with E-state index in [0.29, 0.717) is 39.1 Å². The SMILES string of the molecule is CCN(CC)CC(=O)N[C@H](COCc1ccccc1)C(=O)N1CCC2(CC1)CN(S(C)(=O)=O)c1ccccc12. The molecule has 39 heavy (non-hydrogen) atoms. The number of para-hydroxylation sites is 1. The molecule has 1 fully saturated rings. The van der Waals surface area contributed by atoms with Crippen LogP contribution in [0.5, 0.6) is 0 Å². The molecule has 0 radical (unpaired) electrons. The second-order valence-corrected chi connectivity index (χ2v) is 12.4. The van der Waals surface area contributed by atoms with Crippen LogP contribution in [0.15, 0.2) is 54.6 Å². The van der Waals surface area contributed by atoms with E-state index in [2.05, 4.69) is 5.32 Å². The maximum Gasteiger partial charge on any atom is 0.247 e. The lowest BCUT2D eigenvalue weighted by Gasteiger charge is -2.41. The molecule has 0 aliphatic carbocycles. The van der Waals surface area contributed by atoms with Crippen molar-refractivity contribution in [3.63, 3.8) is 0 Å². The highest BCUT2D eigenvalue weighted by Crippen LogP contribution is 2.47. The lowest BCUT2D eigenvalue weighted by molar-refractivity contribution is -0.140. The summed E-state index contributed by atoms with van der Waals surface area (Å²) in [7, 11) is -3.41. The molecule has 2 amide bonds. The van der Waals surface area contributed by atoms with Crippen molar-refractivity contribution in [3.05, 3.63) is 65.7 Å². The van der Waals surface area contributed by atoms with Crippen LogP contribution < -0.4 is 9.62 Å². The molecule has 2 aliphatic heterocycles. The molecule has 0 saturated carbocycles. The van der Waals surface area contributed by atoms with Gasteiger partial charge in [-0.2, -0.15) is 0 Å². The summed E-state index contributed by atoms with van der Waals surface area (Å²) in [5.41, 5.74) is 2.42. The van der Waals surface area contributed by atoms with Gasteiger partial charge in [-0.3, -0.25) is 18.8 Å². The van der Waals surface area contributed by atoms with Gasteiger partial charge in [0.1, 0.15) is 6.04 Å². The van der Waals surface area contributed by atoms with E-state index >= 15 is 0 Å². The molecule has 2 aromatic rings. The number of anilines is 1. The van der Waals surface area contributed by atoms with Crippen LogP contribution in [0.2, 0.25) is 0 Å². The Kier molecular flexibility index (Phi) is 9.30. The molecule has 212 valence electrons. The molecular formula is C29H40N4O5S. The first kappa shape index (κ1) is 29.0. The Hall–Kier alpha value is -2.95. The van der Waals surface area contributed by atoms with E-state index in [9.17, 15) is 18.0 Å². The maximum atomic E-state index is 13.7. The summed E-state index contributed by atoms with van der Waals surface area (Å²) >= 11 is 0. The summed E-state index contributed by atoms with van der Waals surface area (Å²) in [5.74, 6) is -0.376. The number of benzene rings is 2. The van der Waals surface area contributed by atoms with Crippen LogP contribution >= 0.6 is 0 Å². The van der Waals surface area contributed by atoms with Gasteiger partial charge in [0.05, 0.1) is 31.7 Å². The average molecular weight is 557 g/mol. The number of likely N-dealkylation sites (N-methyl/N-ethyl adjacent to an activating group) is 1. The summed E-state index contributed by atoms with van der Waals surface area (Å²) in [6, 6.07) is 16.6. The van der Waals surface area contributed by atoms with Crippen molar-refractivity contribution >= 4 is 27.5 Å². The van der Waals surface area contributed by atoms with E-state index in [4.69, 9.17) is 4.74 Å². The molecule has 2 aliphatic rings. The Morgan fingerprint density at radius 1 is 1.03 bits per heavy atom. The van der Waals surface area contributed by atoms with Crippen molar-refractivity contribution in [1.29, 1.82) is 0 Å². The Bertz CT molecular complexity index is 1240. The summed E-state index contributed by atoms with van der Waals surface area (Å²) in [6.45, 7) is 7.46. The van der Waals surface area contributed by atoms with Gasteiger partial charge in [-0.25, -0.2) is 8.42 Å². The quantitative estimate of drug-likeness (QED) is 0.456. The summed E-state index contributed by atoms with van der Waals surface area (Å²) in [6.07, 6.45) is 2.53. The molecule has 0 aromatic heterocycles. The summed E-state index contributed by atoms with van der Waals surface area (Å²) < 4.78 is 32.4. The van der Waals surface area contributed by atoms with Crippen LogP contribution in [0.1, 0.15) is 37.8 Å². The smallest absolute Gasteiger partial charge is 0.247 e. The number of likely N-dealkylation sites (tertiary alicyclic amines) is 1. The first-order valence-corrected chi connectivity index (χ1v) is 15.5. The fourth-order valence-corrected chi connectivity index (χ4v) is 6.62. The van der Waals surface area contributed by atoms with E-state index in [1.807, 2.05) is 73.3 Å². The number of fused-ring (bicyclic) bond motifs is 2. The normalized spacial score (nSPS) is 17.3. The predicted octanol–water partition coefficient (Wildman–Crippen LogP) is 2.37. The predicted molar refractivity (Wildman–Crippen MR) is 152 cm³/mol. The van der Waals surface area contributed by atoms with Gasteiger partial charge in [-0.05, 0) is 43.1 Å². The van der Waals surface area contributed by atoms with Crippen LogP contribution in [0.3, 0.4) is 0 Å². The minimum absolute atomic E-state index is 0.0735. The Morgan fingerprint density at radius 2 is 1.67 bits per heavy atom. The van der Waals surface area contributed by atoms with Crippen molar-refractivity contribution in [3.8, 4) is 0 Å². The highest BCUT2D eigenvalue weighted by atomic mass is 32.2. The number of nitrogens with zero attached hydrogens (tertiary/aromatic N) is 3. The molecule has 0 bridgehead atoms. The number of nitrogens with one attached hydrogen (secondary N) is 1. The van der Waals surface area contributed by atoms with Gasteiger partial charge in [0, 0.05) is 25.0 Å². The largest absolute Gasteiger partial charge is 0.374 e. The number of carbonyl (C=O) groups excluding carboxylic acids is 2. The second-order valence-electron chi connectivity index (χ2n) is 10.5. The third-order valence-electron chi connectivity index (χ3n) is 7.91. The van der Waals surface area contributed by atoms with Gasteiger partial charge in [-0.15, -0.1) is 0 Å². The molecule has 2 heterocycles. The Labute approximate surface area is 232 Å². The monoisotopic (exact) mass is 556 g/mol. The van der Waals surface area contributed by atoms with Gasteiger partial charge in [-0.1, -0.05) is 62.4 Å². The maximum absolute atomic E-state index is 13.7. The zero-order valence-electron chi connectivity index (χ0n) is 23.1. The topological polar surface area (TPSA) is 99.3 Å². The zero-order chi connectivity index (χ0) is 28.0. The van der Waals surface area contributed by atoms with Crippen LogP contribution in [0.25, 0.3) is 0 Å². The third kappa shape index (κ3) is 6.80. The average Bonchev–Trinajstić information content (AvgIpc) is 3.26. The number of sulfonamides is 1. The Balaban J connectivity index is 1.44. The van der Waals surface area contributed by atoms with E-state index in [1.165, 1.54) is 10.6 Å². The standard InChI is InChI=1S/C29H40N4O5S/c1-4-31(5-2)19-27(34)30-25(21-38-20-23-11-7-6-8-12-23)28(35)32-17-15-29(16-18-32)22-33(39(3,36)37)26-14-10-9-13-24(26)29/h6-14,25H,4-5,15-22H2,1-3H3,(H,30,34)/t25-/m1/s1. The van der Waals surface area contributed by atoms with Crippen LogP contribution in [-0.2, 0) is 36.4 Å². The van der Waals surface area contributed by atoms with Crippen molar-refractivity contribution in [2.45, 2.75) is 44.8 Å².